The van der Waals surface area contributed by atoms with Gasteiger partial charge in [0.15, 0.2) is 0 Å². The molecule has 0 aromatic carbocycles. The van der Waals surface area contributed by atoms with Gasteiger partial charge in [-0.1, -0.05) is 13.8 Å². The topological polar surface area (TPSA) is 73.1 Å². The first-order valence-electron chi connectivity index (χ1n) is 5.31. The Labute approximate surface area is 101 Å². The molecule has 1 amide bonds. The van der Waals surface area contributed by atoms with Crippen LogP contribution in [-0.4, -0.2) is 34.7 Å². The molecule has 0 bridgehead atoms. The second-order valence-electron chi connectivity index (χ2n) is 4.52. The quantitative estimate of drug-likeness (QED) is 0.659. The lowest BCUT2D eigenvalue weighted by atomic mass is 9.94. The van der Waals surface area contributed by atoms with Crippen molar-refractivity contribution < 1.29 is 9.90 Å². The van der Waals surface area contributed by atoms with Crippen LogP contribution in [0.3, 0.4) is 0 Å². The minimum absolute atomic E-state index is 0.135. The zero-order valence-electron chi connectivity index (χ0n) is 10.1. The van der Waals surface area contributed by atoms with Gasteiger partial charge in [0.2, 0.25) is 5.91 Å². The number of hydrogen-bond acceptors (Lipinski definition) is 4. The maximum absolute atomic E-state index is 11.3. The number of carbonyl (C=O) groups excluding carboxylic acids is 1. The average molecular weight is 244 g/mol. The number of carbonyl (C=O) groups is 1. The van der Waals surface area contributed by atoms with Gasteiger partial charge in [0.25, 0.3) is 0 Å². The number of nitriles is 1. The lowest BCUT2D eigenvalue weighted by Crippen LogP contribution is -2.42. The molecular weight excluding hydrogens is 224 g/mol. The van der Waals surface area contributed by atoms with Crippen LogP contribution in [0.4, 0.5) is 0 Å². The third-order valence-electron chi connectivity index (χ3n) is 1.91. The Morgan fingerprint density at radius 1 is 1.62 bits per heavy atom. The van der Waals surface area contributed by atoms with Crippen LogP contribution >= 0.6 is 11.8 Å². The highest BCUT2D eigenvalue weighted by molar-refractivity contribution is 8.00. The summed E-state index contributed by atoms with van der Waals surface area (Å²) >= 11 is 1.27. The van der Waals surface area contributed by atoms with Crippen molar-refractivity contribution in [3.63, 3.8) is 0 Å². The van der Waals surface area contributed by atoms with Gasteiger partial charge in [-0.3, -0.25) is 4.79 Å². The summed E-state index contributed by atoms with van der Waals surface area (Å²) in [5.41, 5.74) is -0.857. The second-order valence-corrected chi connectivity index (χ2v) is 5.51. The smallest absolute Gasteiger partial charge is 0.230 e. The number of hydrogen-bond donors (Lipinski definition) is 2. The molecule has 0 aromatic heterocycles. The number of nitrogens with one attached hydrogen (secondary N) is 1. The Bertz CT molecular complexity index is 259. The van der Waals surface area contributed by atoms with E-state index in [1.54, 1.807) is 6.92 Å². The summed E-state index contributed by atoms with van der Waals surface area (Å²) < 4.78 is 0. The molecule has 0 saturated carbocycles. The molecule has 0 radical (unpaired) electrons. The molecule has 1 atom stereocenters. The van der Waals surface area contributed by atoms with Gasteiger partial charge < -0.3 is 10.4 Å². The van der Waals surface area contributed by atoms with Crippen LogP contribution in [-0.2, 0) is 4.79 Å². The van der Waals surface area contributed by atoms with Gasteiger partial charge in [0, 0.05) is 6.54 Å². The summed E-state index contributed by atoms with van der Waals surface area (Å²) in [4.78, 5) is 11.3. The van der Waals surface area contributed by atoms with Gasteiger partial charge in [-0.25, -0.2) is 0 Å². The van der Waals surface area contributed by atoms with Crippen molar-refractivity contribution >= 4 is 17.7 Å². The molecule has 0 fully saturated rings. The minimum Gasteiger partial charge on any atom is -0.388 e. The van der Waals surface area contributed by atoms with E-state index < -0.39 is 5.60 Å². The summed E-state index contributed by atoms with van der Waals surface area (Å²) in [6.45, 7) is 6.03. The van der Waals surface area contributed by atoms with Gasteiger partial charge in [0.1, 0.15) is 0 Å². The van der Waals surface area contributed by atoms with Crippen molar-refractivity contribution in [3.05, 3.63) is 0 Å². The van der Waals surface area contributed by atoms with E-state index >= 15 is 0 Å². The molecule has 0 spiro atoms. The molecule has 0 rings (SSSR count). The molecular formula is C11H20N2O2S. The van der Waals surface area contributed by atoms with Crippen LogP contribution in [0.25, 0.3) is 0 Å². The lowest BCUT2D eigenvalue weighted by Gasteiger charge is -2.25. The van der Waals surface area contributed by atoms with Gasteiger partial charge in [0.05, 0.1) is 23.2 Å². The predicted octanol–water partition coefficient (Wildman–Crippen LogP) is 1.16. The number of rotatable bonds is 7. The van der Waals surface area contributed by atoms with Crippen molar-refractivity contribution in [2.45, 2.75) is 32.8 Å². The van der Waals surface area contributed by atoms with E-state index in [4.69, 9.17) is 5.26 Å². The molecule has 0 aliphatic carbocycles. The zero-order chi connectivity index (χ0) is 12.6. The molecule has 16 heavy (non-hydrogen) atoms. The second kappa shape index (κ2) is 7.53. The van der Waals surface area contributed by atoms with Gasteiger partial charge in [-0.05, 0) is 19.3 Å². The Balaban J connectivity index is 3.78. The summed E-state index contributed by atoms with van der Waals surface area (Å²) in [6.07, 6.45) is 0.651. The molecule has 5 heteroatoms. The predicted molar refractivity (Wildman–Crippen MR) is 66.0 cm³/mol. The molecule has 0 heterocycles. The van der Waals surface area contributed by atoms with Crippen LogP contribution in [0.5, 0.6) is 0 Å². The maximum atomic E-state index is 11.3. The van der Waals surface area contributed by atoms with E-state index in [9.17, 15) is 9.90 Å². The van der Waals surface area contributed by atoms with Crippen LogP contribution in [0, 0.1) is 17.2 Å². The highest BCUT2D eigenvalue weighted by atomic mass is 32.2. The Morgan fingerprint density at radius 3 is 2.75 bits per heavy atom. The van der Waals surface area contributed by atoms with Gasteiger partial charge in [-0.15, -0.1) is 11.8 Å². The van der Waals surface area contributed by atoms with Gasteiger partial charge in [-0.2, -0.15) is 5.26 Å². The Kier molecular flexibility index (Phi) is 7.18. The van der Waals surface area contributed by atoms with Crippen molar-refractivity contribution in [1.29, 1.82) is 5.26 Å². The number of thioether (sulfide) groups is 1. The van der Waals surface area contributed by atoms with E-state index in [-0.39, 0.29) is 18.2 Å². The average Bonchev–Trinajstić information content (AvgIpc) is 2.13. The summed E-state index contributed by atoms with van der Waals surface area (Å²) in [5.74, 6) is 0.838. The highest BCUT2D eigenvalue weighted by Gasteiger charge is 2.22. The van der Waals surface area contributed by atoms with Crippen molar-refractivity contribution in [3.8, 4) is 6.07 Å². The minimum atomic E-state index is -0.857. The maximum Gasteiger partial charge on any atom is 0.230 e. The SMILES string of the molecule is CC(C)CC(C)(O)CNC(=O)CSCC#N. The van der Waals surface area contributed by atoms with E-state index in [0.717, 1.165) is 0 Å². The lowest BCUT2D eigenvalue weighted by molar-refractivity contribution is -0.119. The van der Waals surface area contributed by atoms with E-state index in [1.165, 1.54) is 11.8 Å². The first kappa shape index (κ1) is 15.3. The van der Waals surface area contributed by atoms with Gasteiger partial charge >= 0.3 is 0 Å². The molecule has 0 aliphatic heterocycles. The zero-order valence-corrected chi connectivity index (χ0v) is 10.9. The molecule has 0 saturated heterocycles. The fourth-order valence-electron chi connectivity index (χ4n) is 1.48. The number of aliphatic hydroxyl groups is 1. The summed E-state index contributed by atoms with van der Waals surface area (Å²) in [6, 6.07) is 1.96. The first-order chi connectivity index (χ1) is 7.37. The molecule has 0 aliphatic rings. The molecule has 4 nitrogen and oxygen atoms in total. The molecule has 1 unspecified atom stereocenters. The monoisotopic (exact) mass is 244 g/mol. The van der Waals surface area contributed by atoms with Crippen LogP contribution in [0.1, 0.15) is 27.2 Å². The first-order valence-corrected chi connectivity index (χ1v) is 6.46. The highest BCUT2D eigenvalue weighted by Crippen LogP contribution is 2.15. The summed E-state index contributed by atoms with van der Waals surface area (Å²) in [7, 11) is 0. The third kappa shape index (κ3) is 8.57. The molecule has 0 aromatic rings. The molecule has 92 valence electrons. The van der Waals surface area contributed by atoms with E-state index in [2.05, 4.69) is 5.32 Å². The van der Waals surface area contributed by atoms with Crippen LogP contribution in [0.2, 0.25) is 0 Å². The number of nitrogens with zero attached hydrogens (tertiary/aromatic N) is 1. The largest absolute Gasteiger partial charge is 0.388 e. The van der Waals surface area contributed by atoms with Crippen molar-refractivity contribution in [2.75, 3.05) is 18.1 Å². The van der Waals surface area contributed by atoms with E-state index in [0.29, 0.717) is 18.1 Å². The normalized spacial score (nSPS) is 14.2. The Morgan fingerprint density at radius 2 is 2.25 bits per heavy atom. The molecule has 2 N–H and O–H groups in total. The summed E-state index contributed by atoms with van der Waals surface area (Å²) in [5, 5.41) is 20.9. The van der Waals surface area contributed by atoms with Crippen LogP contribution in [0.15, 0.2) is 0 Å². The van der Waals surface area contributed by atoms with Crippen LogP contribution < -0.4 is 5.32 Å². The van der Waals surface area contributed by atoms with Crippen molar-refractivity contribution in [2.24, 2.45) is 5.92 Å². The number of amides is 1. The standard InChI is InChI=1S/C11H20N2O2S/c1-9(2)6-11(3,15)8-13-10(14)7-16-5-4-12/h9,15H,5-8H2,1-3H3,(H,13,14). The van der Waals surface area contributed by atoms with E-state index in [1.807, 2.05) is 19.9 Å². The fourth-order valence-corrected chi connectivity index (χ4v) is 1.96. The third-order valence-corrected chi connectivity index (χ3v) is 2.71. The fraction of sp³-hybridized carbons (Fsp3) is 0.818. The van der Waals surface area contributed by atoms with Crippen molar-refractivity contribution in [1.82, 2.24) is 5.32 Å². The Hall–Kier alpha value is -0.730.